The van der Waals surface area contributed by atoms with Crippen LogP contribution in [0.1, 0.15) is 10.4 Å². The molecule has 0 saturated carbocycles. The second-order valence-electron chi connectivity index (χ2n) is 3.35. The number of carbonyl (C=O) groups is 1. The van der Waals surface area contributed by atoms with Crippen molar-refractivity contribution in [3.63, 3.8) is 0 Å². The Morgan fingerprint density at radius 2 is 1.71 bits per heavy atom. The van der Waals surface area contributed by atoms with E-state index in [9.17, 15) is 9.90 Å². The number of carboxylic acids is 1. The van der Waals surface area contributed by atoms with Crippen LogP contribution in [-0.2, 0) is 0 Å². The fourth-order valence-corrected chi connectivity index (χ4v) is 3.40. The van der Waals surface area contributed by atoms with Gasteiger partial charge in [0.25, 0.3) is 0 Å². The van der Waals surface area contributed by atoms with Gasteiger partial charge < -0.3 is 10.2 Å². The highest BCUT2D eigenvalue weighted by Crippen LogP contribution is 2.41. The first-order valence-electron chi connectivity index (χ1n) is 4.46. The van der Waals surface area contributed by atoms with E-state index in [2.05, 4.69) is 47.8 Å². The second kappa shape index (κ2) is 4.59. The van der Waals surface area contributed by atoms with Gasteiger partial charge in [-0.05, 0) is 65.3 Å². The summed E-state index contributed by atoms with van der Waals surface area (Å²) in [7, 11) is 0. The Kier molecular flexibility index (Phi) is 3.47. The molecule has 88 valence electrons. The first-order chi connectivity index (χ1) is 7.93. The number of carboxylic acid groups (broad SMARTS) is 1. The quantitative estimate of drug-likeness (QED) is 0.707. The fraction of sp³-hybridized carbons (Fsp3) is 0. The average Bonchev–Trinajstić information content (AvgIpc) is 2.27. The Morgan fingerprint density at radius 1 is 1.06 bits per heavy atom. The molecule has 0 atom stereocenters. The number of fused-ring (bicyclic) bond motifs is 1. The molecule has 0 aromatic heterocycles. The number of aromatic carboxylic acids is 1. The molecular weight excluding hydrogens is 420 g/mol. The van der Waals surface area contributed by atoms with Crippen molar-refractivity contribution in [3.8, 4) is 5.75 Å². The Labute approximate surface area is 122 Å². The van der Waals surface area contributed by atoms with Crippen molar-refractivity contribution in [3.05, 3.63) is 37.2 Å². The van der Waals surface area contributed by atoms with Crippen molar-refractivity contribution in [1.82, 2.24) is 0 Å². The summed E-state index contributed by atoms with van der Waals surface area (Å²) in [6.07, 6.45) is 0. The van der Waals surface area contributed by atoms with Gasteiger partial charge in [0, 0.05) is 9.86 Å². The highest BCUT2D eigenvalue weighted by molar-refractivity contribution is 9.11. The number of rotatable bonds is 1. The molecule has 2 rings (SSSR count). The van der Waals surface area contributed by atoms with E-state index in [0.717, 1.165) is 5.39 Å². The van der Waals surface area contributed by atoms with Crippen LogP contribution in [0.3, 0.4) is 0 Å². The van der Waals surface area contributed by atoms with Crippen LogP contribution in [0, 0.1) is 0 Å². The summed E-state index contributed by atoms with van der Waals surface area (Å²) < 4.78 is 1.52. The van der Waals surface area contributed by atoms with E-state index in [0.29, 0.717) is 18.8 Å². The predicted molar refractivity (Wildman–Crippen MR) is 75.7 cm³/mol. The molecule has 6 heteroatoms. The first-order valence-corrected chi connectivity index (χ1v) is 6.84. The second-order valence-corrected chi connectivity index (χ2v) is 5.79. The molecule has 2 aromatic rings. The molecule has 0 bridgehead atoms. The van der Waals surface area contributed by atoms with Gasteiger partial charge in [-0.3, -0.25) is 0 Å². The van der Waals surface area contributed by atoms with Crippen LogP contribution in [0.25, 0.3) is 10.8 Å². The molecule has 0 aliphatic rings. The van der Waals surface area contributed by atoms with Crippen LogP contribution in [0.15, 0.2) is 31.6 Å². The maximum atomic E-state index is 11.0. The molecule has 0 radical (unpaired) electrons. The smallest absolute Gasteiger partial charge is 0.336 e. The van der Waals surface area contributed by atoms with Gasteiger partial charge in [-0.2, -0.15) is 0 Å². The van der Waals surface area contributed by atoms with E-state index in [1.165, 1.54) is 6.07 Å². The topological polar surface area (TPSA) is 57.5 Å². The van der Waals surface area contributed by atoms with Gasteiger partial charge in [0.05, 0.1) is 14.5 Å². The Morgan fingerprint density at radius 3 is 2.29 bits per heavy atom. The van der Waals surface area contributed by atoms with Gasteiger partial charge in [-0.25, -0.2) is 4.79 Å². The number of benzene rings is 2. The summed E-state index contributed by atoms with van der Waals surface area (Å²) in [4.78, 5) is 11.0. The van der Waals surface area contributed by atoms with Gasteiger partial charge in [-0.1, -0.05) is 6.07 Å². The van der Waals surface area contributed by atoms with Crippen LogP contribution in [0.2, 0.25) is 0 Å². The standard InChI is InChI=1S/C11H5Br3O3/c12-7-3-6-4(9(14)10(7)15)1-2-5(8(6)13)11(16)17/h1-3,15H,(H,16,17). The average molecular weight is 425 g/mol. The van der Waals surface area contributed by atoms with Crippen molar-refractivity contribution in [2.45, 2.75) is 0 Å². The van der Waals surface area contributed by atoms with Crippen LogP contribution >= 0.6 is 47.8 Å². The first kappa shape index (κ1) is 12.9. The van der Waals surface area contributed by atoms with E-state index in [1.54, 1.807) is 12.1 Å². The molecule has 0 spiro atoms. The van der Waals surface area contributed by atoms with Gasteiger partial charge >= 0.3 is 5.97 Å². The molecule has 0 aliphatic heterocycles. The fourth-order valence-electron chi connectivity index (χ4n) is 1.52. The van der Waals surface area contributed by atoms with Crippen molar-refractivity contribution in [2.24, 2.45) is 0 Å². The molecule has 0 heterocycles. The largest absolute Gasteiger partial charge is 0.506 e. The molecular formula is C11H5Br3O3. The summed E-state index contributed by atoms with van der Waals surface area (Å²) in [5, 5.41) is 20.2. The zero-order chi connectivity index (χ0) is 12.7. The number of phenolic OH excluding ortho intramolecular Hbond substituents is 1. The third kappa shape index (κ3) is 2.09. The maximum absolute atomic E-state index is 11.0. The molecule has 0 amide bonds. The molecule has 0 saturated heterocycles. The summed E-state index contributed by atoms with van der Waals surface area (Å²) in [6, 6.07) is 4.82. The summed E-state index contributed by atoms with van der Waals surface area (Å²) in [6.45, 7) is 0. The number of hydrogen-bond donors (Lipinski definition) is 2. The van der Waals surface area contributed by atoms with Gasteiger partial charge in [0.15, 0.2) is 0 Å². The SMILES string of the molecule is O=C(O)c1ccc2c(Br)c(O)c(Br)cc2c1Br. The summed E-state index contributed by atoms with van der Waals surface area (Å²) >= 11 is 9.76. The predicted octanol–water partition coefficient (Wildman–Crippen LogP) is 4.53. The number of hydrogen-bond acceptors (Lipinski definition) is 2. The van der Waals surface area contributed by atoms with Crippen molar-refractivity contribution >= 4 is 64.5 Å². The zero-order valence-electron chi connectivity index (χ0n) is 8.17. The van der Waals surface area contributed by atoms with Crippen molar-refractivity contribution in [2.75, 3.05) is 0 Å². The molecule has 0 aliphatic carbocycles. The molecule has 17 heavy (non-hydrogen) atoms. The van der Waals surface area contributed by atoms with E-state index in [-0.39, 0.29) is 11.3 Å². The monoisotopic (exact) mass is 422 g/mol. The van der Waals surface area contributed by atoms with Crippen molar-refractivity contribution < 1.29 is 15.0 Å². The third-order valence-corrected chi connectivity index (χ3v) is 4.61. The molecule has 0 unspecified atom stereocenters. The molecule has 3 nitrogen and oxygen atoms in total. The van der Waals surface area contributed by atoms with E-state index < -0.39 is 5.97 Å². The minimum absolute atomic E-state index is 0.0903. The number of halogens is 3. The Bertz CT molecular complexity index is 638. The highest BCUT2D eigenvalue weighted by Gasteiger charge is 2.15. The van der Waals surface area contributed by atoms with E-state index >= 15 is 0 Å². The lowest BCUT2D eigenvalue weighted by Crippen LogP contribution is -1.98. The van der Waals surface area contributed by atoms with Crippen molar-refractivity contribution in [1.29, 1.82) is 0 Å². The van der Waals surface area contributed by atoms with E-state index in [4.69, 9.17) is 5.11 Å². The third-order valence-electron chi connectivity index (χ3n) is 2.35. The minimum atomic E-state index is -1.00. The highest BCUT2D eigenvalue weighted by atomic mass is 79.9. The lowest BCUT2D eigenvalue weighted by Gasteiger charge is -2.09. The number of aromatic hydroxyl groups is 1. The lowest BCUT2D eigenvalue weighted by molar-refractivity contribution is 0.0696. The van der Waals surface area contributed by atoms with Crippen LogP contribution in [-0.4, -0.2) is 16.2 Å². The molecule has 0 fully saturated rings. The summed E-state index contributed by atoms with van der Waals surface area (Å²) in [5.41, 5.74) is 0.182. The minimum Gasteiger partial charge on any atom is -0.506 e. The zero-order valence-corrected chi connectivity index (χ0v) is 12.9. The Hall–Kier alpha value is -0.590. The lowest BCUT2D eigenvalue weighted by atomic mass is 10.1. The maximum Gasteiger partial charge on any atom is 0.336 e. The van der Waals surface area contributed by atoms with Crippen LogP contribution in [0.5, 0.6) is 5.75 Å². The van der Waals surface area contributed by atoms with Crippen LogP contribution < -0.4 is 0 Å². The summed E-state index contributed by atoms with van der Waals surface area (Å²) in [5.74, 6) is -0.911. The van der Waals surface area contributed by atoms with E-state index in [1.807, 2.05) is 0 Å². The van der Waals surface area contributed by atoms with Gasteiger partial charge in [0.2, 0.25) is 0 Å². The number of phenols is 1. The molecule has 2 aromatic carbocycles. The Balaban J connectivity index is 2.92. The van der Waals surface area contributed by atoms with Gasteiger partial charge in [-0.15, -0.1) is 0 Å². The normalized spacial score (nSPS) is 10.8. The van der Waals surface area contributed by atoms with Gasteiger partial charge in [0.1, 0.15) is 5.75 Å². The molecule has 2 N–H and O–H groups in total. The van der Waals surface area contributed by atoms with Crippen LogP contribution in [0.4, 0.5) is 0 Å².